The van der Waals surface area contributed by atoms with Crippen molar-refractivity contribution in [3.05, 3.63) is 71.8 Å². The topological polar surface area (TPSA) is 59.8 Å². The minimum Gasteiger partial charge on any atom is -0.325 e. The predicted octanol–water partition coefficient (Wildman–Crippen LogP) is 4.79. The smallest absolute Gasteiger partial charge is 0.234 e. The molecule has 28 heavy (non-hydrogen) atoms. The van der Waals surface area contributed by atoms with Gasteiger partial charge in [-0.05, 0) is 50.1 Å². The highest BCUT2D eigenvalue weighted by molar-refractivity contribution is 7.99. The molecule has 1 heterocycles. The molecule has 3 rings (SSSR count). The Balaban J connectivity index is 1.72. The van der Waals surface area contributed by atoms with Crippen molar-refractivity contribution in [1.82, 2.24) is 14.8 Å². The van der Waals surface area contributed by atoms with E-state index < -0.39 is 0 Å². The number of anilines is 1. The van der Waals surface area contributed by atoms with E-state index >= 15 is 0 Å². The number of amides is 1. The minimum atomic E-state index is -0.0708. The van der Waals surface area contributed by atoms with E-state index in [1.165, 1.54) is 17.3 Å². The summed E-state index contributed by atoms with van der Waals surface area (Å²) in [6, 6.07) is 14.0. The first kappa shape index (κ1) is 19.9. The minimum absolute atomic E-state index is 0.0708. The number of allylic oxidation sites excluding steroid dienone is 1. The second-order valence-corrected chi connectivity index (χ2v) is 7.65. The van der Waals surface area contributed by atoms with Crippen LogP contribution in [0.15, 0.2) is 60.3 Å². The lowest BCUT2D eigenvalue weighted by atomic mass is 10.1. The second-order valence-electron chi connectivity index (χ2n) is 6.71. The van der Waals surface area contributed by atoms with Gasteiger partial charge in [-0.2, -0.15) is 0 Å². The molecular formula is C22H24N4OS. The summed E-state index contributed by atoms with van der Waals surface area (Å²) in [5, 5.41) is 12.3. The Morgan fingerprint density at radius 1 is 1.14 bits per heavy atom. The quantitative estimate of drug-likeness (QED) is 0.464. The van der Waals surface area contributed by atoms with Crippen LogP contribution in [0.25, 0.3) is 11.4 Å². The maximum absolute atomic E-state index is 12.4. The van der Waals surface area contributed by atoms with Crippen LogP contribution in [0, 0.1) is 20.8 Å². The molecule has 0 radical (unpaired) electrons. The van der Waals surface area contributed by atoms with Crippen LogP contribution >= 0.6 is 11.8 Å². The molecule has 0 fully saturated rings. The highest BCUT2D eigenvalue weighted by atomic mass is 32.2. The summed E-state index contributed by atoms with van der Waals surface area (Å²) in [6.45, 7) is 10.5. The van der Waals surface area contributed by atoms with Crippen molar-refractivity contribution in [3.8, 4) is 11.4 Å². The summed E-state index contributed by atoms with van der Waals surface area (Å²) in [5.74, 6) is 0.968. The van der Waals surface area contributed by atoms with Gasteiger partial charge in [0.25, 0.3) is 0 Å². The fourth-order valence-corrected chi connectivity index (χ4v) is 3.58. The largest absolute Gasteiger partial charge is 0.325 e. The van der Waals surface area contributed by atoms with Gasteiger partial charge in [0.2, 0.25) is 5.91 Å². The molecule has 5 nitrogen and oxygen atoms in total. The summed E-state index contributed by atoms with van der Waals surface area (Å²) < 4.78 is 1.98. The molecule has 0 saturated carbocycles. The number of carbonyl (C=O) groups is 1. The lowest BCUT2D eigenvalue weighted by Crippen LogP contribution is -2.14. The Morgan fingerprint density at radius 2 is 1.96 bits per heavy atom. The first-order chi connectivity index (χ1) is 13.5. The maximum Gasteiger partial charge on any atom is 0.234 e. The van der Waals surface area contributed by atoms with E-state index in [1.807, 2.05) is 60.9 Å². The zero-order valence-electron chi connectivity index (χ0n) is 16.4. The van der Waals surface area contributed by atoms with E-state index in [0.717, 1.165) is 28.2 Å². The molecule has 1 N–H and O–H groups in total. The van der Waals surface area contributed by atoms with Gasteiger partial charge in [0.1, 0.15) is 0 Å². The Bertz CT molecular complexity index is 1010. The van der Waals surface area contributed by atoms with Crippen LogP contribution in [0.1, 0.15) is 16.7 Å². The van der Waals surface area contributed by atoms with Gasteiger partial charge < -0.3 is 5.32 Å². The molecule has 3 aromatic rings. The molecule has 0 atom stereocenters. The normalized spacial score (nSPS) is 10.7. The number of aryl methyl sites for hydroxylation is 3. The number of rotatable bonds is 7. The van der Waals surface area contributed by atoms with Crippen molar-refractivity contribution in [2.75, 3.05) is 11.1 Å². The molecule has 0 aliphatic carbocycles. The van der Waals surface area contributed by atoms with Crippen molar-refractivity contribution in [1.29, 1.82) is 0 Å². The van der Waals surface area contributed by atoms with Gasteiger partial charge >= 0.3 is 0 Å². The van der Waals surface area contributed by atoms with E-state index in [1.54, 1.807) is 0 Å². The van der Waals surface area contributed by atoms with Gasteiger partial charge in [0, 0.05) is 17.8 Å². The summed E-state index contributed by atoms with van der Waals surface area (Å²) >= 11 is 1.37. The van der Waals surface area contributed by atoms with Crippen molar-refractivity contribution >= 4 is 23.4 Å². The highest BCUT2D eigenvalue weighted by Crippen LogP contribution is 2.25. The molecule has 0 aliphatic heterocycles. The molecule has 6 heteroatoms. The van der Waals surface area contributed by atoms with Crippen LogP contribution in [-0.2, 0) is 11.3 Å². The van der Waals surface area contributed by atoms with E-state index in [2.05, 4.69) is 35.1 Å². The lowest BCUT2D eigenvalue weighted by Gasteiger charge is -2.09. The molecule has 1 amide bonds. The molecule has 2 aromatic carbocycles. The summed E-state index contributed by atoms with van der Waals surface area (Å²) in [7, 11) is 0. The second kappa shape index (κ2) is 8.89. The van der Waals surface area contributed by atoms with Gasteiger partial charge in [0.15, 0.2) is 11.0 Å². The Morgan fingerprint density at radius 3 is 2.68 bits per heavy atom. The molecular weight excluding hydrogens is 368 g/mol. The van der Waals surface area contributed by atoms with Crippen LogP contribution in [0.5, 0.6) is 0 Å². The molecule has 0 saturated heterocycles. The Kier molecular flexibility index (Phi) is 6.31. The van der Waals surface area contributed by atoms with E-state index in [4.69, 9.17) is 0 Å². The first-order valence-electron chi connectivity index (χ1n) is 9.09. The standard InChI is InChI=1S/C22H24N4OS/c1-5-11-26-21(18-8-6-7-15(2)12-18)24-25-22(26)28-14-20(27)23-19-10-9-16(3)17(4)13-19/h5-10,12-13H,1,11,14H2,2-4H3,(H,23,27). The highest BCUT2D eigenvalue weighted by Gasteiger charge is 2.15. The van der Waals surface area contributed by atoms with Crippen molar-refractivity contribution < 1.29 is 4.79 Å². The number of thioether (sulfide) groups is 1. The van der Waals surface area contributed by atoms with Crippen LogP contribution in [0.3, 0.4) is 0 Å². The van der Waals surface area contributed by atoms with E-state index in [-0.39, 0.29) is 11.7 Å². The van der Waals surface area contributed by atoms with Crippen LogP contribution in [-0.4, -0.2) is 26.4 Å². The van der Waals surface area contributed by atoms with Crippen LogP contribution in [0.2, 0.25) is 0 Å². The number of hydrogen-bond acceptors (Lipinski definition) is 4. The van der Waals surface area contributed by atoms with Crippen molar-refractivity contribution in [2.24, 2.45) is 0 Å². The average Bonchev–Trinajstić information content (AvgIpc) is 3.06. The van der Waals surface area contributed by atoms with Gasteiger partial charge in [-0.25, -0.2) is 0 Å². The summed E-state index contributed by atoms with van der Waals surface area (Å²) in [5.41, 5.74) is 5.32. The molecule has 0 unspecified atom stereocenters. The van der Waals surface area contributed by atoms with Gasteiger partial charge in [-0.3, -0.25) is 9.36 Å². The third-order valence-electron chi connectivity index (χ3n) is 4.43. The van der Waals surface area contributed by atoms with Gasteiger partial charge in [0.05, 0.1) is 5.75 Å². The zero-order chi connectivity index (χ0) is 20.1. The fourth-order valence-electron chi connectivity index (χ4n) is 2.83. The van der Waals surface area contributed by atoms with Crippen LogP contribution < -0.4 is 5.32 Å². The molecule has 0 bridgehead atoms. The monoisotopic (exact) mass is 392 g/mol. The van der Waals surface area contributed by atoms with Crippen molar-refractivity contribution in [3.63, 3.8) is 0 Å². The number of hydrogen-bond donors (Lipinski definition) is 1. The molecule has 144 valence electrons. The van der Waals surface area contributed by atoms with Gasteiger partial charge in [-0.15, -0.1) is 16.8 Å². The maximum atomic E-state index is 12.4. The van der Waals surface area contributed by atoms with E-state index in [9.17, 15) is 4.79 Å². The third kappa shape index (κ3) is 4.70. The first-order valence-corrected chi connectivity index (χ1v) is 10.1. The lowest BCUT2D eigenvalue weighted by molar-refractivity contribution is -0.113. The number of nitrogens with one attached hydrogen (secondary N) is 1. The van der Waals surface area contributed by atoms with Crippen molar-refractivity contribution in [2.45, 2.75) is 32.5 Å². The predicted molar refractivity (Wildman–Crippen MR) is 116 cm³/mol. The molecule has 0 aliphatic rings. The number of benzene rings is 2. The third-order valence-corrected chi connectivity index (χ3v) is 5.39. The summed E-state index contributed by atoms with van der Waals surface area (Å²) in [6.07, 6.45) is 1.81. The zero-order valence-corrected chi connectivity index (χ0v) is 17.2. The fraction of sp³-hybridized carbons (Fsp3) is 0.227. The molecule has 1 aromatic heterocycles. The van der Waals surface area contributed by atoms with Gasteiger partial charge in [-0.1, -0.05) is 47.7 Å². The SMILES string of the molecule is C=CCn1c(SCC(=O)Nc2ccc(C)c(C)c2)nnc1-c1cccc(C)c1. The molecule has 0 spiro atoms. The number of carbonyl (C=O) groups excluding carboxylic acids is 1. The Labute approximate surface area is 169 Å². The van der Waals surface area contributed by atoms with E-state index in [0.29, 0.717) is 11.7 Å². The number of nitrogens with zero attached hydrogens (tertiary/aromatic N) is 3. The average molecular weight is 393 g/mol. The van der Waals surface area contributed by atoms with Crippen LogP contribution in [0.4, 0.5) is 5.69 Å². The summed E-state index contributed by atoms with van der Waals surface area (Å²) in [4.78, 5) is 12.4. The number of aromatic nitrogens is 3. The Hall–Kier alpha value is -2.86.